The average Bonchev–Trinajstić information content (AvgIpc) is 3.03. The van der Waals surface area contributed by atoms with Gasteiger partial charge < -0.3 is 5.32 Å². The Labute approximate surface area is 128 Å². The van der Waals surface area contributed by atoms with E-state index in [2.05, 4.69) is 19.2 Å². The quantitative estimate of drug-likeness (QED) is 0.896. The summed E-state index contributed by atoms with van der Waals surface area (Å²) >= 11 is 3.81. The van der Waals surface area contributed by atoms with Gasteiger partial charge in [-0.15, -0.1) is 11.3 Å². The van der Waals surface area contributed by atoms with E-state index in [4.69, 9.17) is 9.97 Å². The topological polar surface area (TPSA) is 37.8 Å². The molecule has 1 N–H and O–H groups in total. The van der Waals surface area contributed by atoms with Crippen molar-refractivity contribution in [1.29, 1.82) is 0 Å². The first-order valence-corrected chi connectivity index (χ1v) is 9.20. The average molecular weight is 307 g/mol. The zero-order valence-corrected chi connectivity index (χ0v) is 14.0. The molecule has 0 aliphatic heterocycles. The summed E-state index contributed by atoms with van der Waals surface area (Å²) in [5.41, 5.74) is 1.50. The first kappa shape index (κ1) is 14.1. The van der Waals surface area contributed by atoms with Crippen LogP contribution >= 0.6 is 23.1 Å². The van der Waals surface area contributed by atoms with Crippen LogP contribution in [0.25, 0.3) is 10.2 Å². The number of aromatic nitrogens is 2. The number of fused-ring (bicyclic) bond motifs is 3. The van der Waals surface area contributed by atoms with E-state index in [1.54, 1.807) is 0 Å². The summed E-state index contributed by atoms with van der Waals surface area (Å²) in [7, 11) is 1.96. The molecule has 3 rings (SSSR count). The molecule has 1 atom stereocenters. The van der Waals surface area contributed by atoms with E-state index in [1.165, 1.54) is 46.3 Å². The van der Waals surface area contributed by atoms with Gasteiger partial charge in [-0.3, -0.25) is 0 Å². The van der Waals surface area contributed by atoms with Gasteiger partial charge in [0, 0.05) is 17.2 Å². The smallest absolute Gasteiger partial charge is 0.142 e. The number of thioether (sulfide) groups is 1. The Morgan fingerprint density at radius 1 is 1.35 bits per heavy atom. The Bertz CT molecular complexity index is 621. The molecular weight excluding hydrogens is 286 g/mol. The zero-order chi connectivity index (χ0) is 14.1. The van der Waals surface area contributed by atoms with Crippen LogP contribution in [0.5, 0.6) is 0 Å². The predicted octanol–water partition coefficient (Wildman–Crippen LogP) is 4.25. The van der Waals surface area contributed by atoms with Gasteiger partial charge in [-0.1, -0.05) is 13.8 Å². The van der Waals surface area contributed by atoms with Crippen LogP contribution in [-0.4, -0.2) is 22.3 Å². The molecule has 1 unspecified atom stereocenters. The lowest BCUT2D eigenvalue weighted by Crippen LogP contribution is -2.02. The molecule has 0 saturated heterocycles. The van der Waals surface area contributed by atoms with Crippen molar-refractivity contribution in [2.45, 2.75) is 50.5 Å². The number of nitrogens with one attached hydrogen (secondary N) is 1. The highest BCUT2D eigenvalue weighted by Crippen LogP contribution is 2.39. The minimum atomic E-state index is 0.667. The van der Waals surface area contributed by atoms with Crippen molar-refractivity contribution in [1.82, 2.24) is 9.97 Å². The van der Waals surface area contributed by atoms with E-state index in [1.807, 2.05) is 30.1 Å². The Hall–Kier alpha value is -0.810. The Kier molecular flexibility index (Phi) is 4.17. The molecule has 2 aromatic heterocycles. The van der Waals surface area contributed by atoms with Crippen LogP contribution in [0.2, 0.25) is 0 Å². The standard InChI is InChI=1S/C15H21N3S2/c1-4-9(2)19-8-12-17-14(16-3)13-10-6-5-7-11(10)20-15(13)18-12/h9H,4-8H2,1-3H3,(H,16,17,18). The van der Waals surface area contributed by atoms with Crippen molar-refractivity contribution in [2.75, 3.05) is 12.4 Å². The van der Waals surface area contributed by atoms with Crippen LogP contribution in [0.3, 0.4) is 0 Å². The Balaban J connectivity index is 1.96. The summed E-state index contributed by atoms with van der Waals surface area (Å²) in [5.74, 6) is 2.89. The normalized spacial score (nSPS) is 15.6. The fourth-order valence-electron chi connectivity index (χ4n) is 2.62. The molecule has 1 aliphatic rings. The van der Waals surface area contributed by atoms with Gasteiger partial charge in [-0.25, -0.2) is 9.97 Å². The maximum Gasteiger partial charge on any atom is 0.142 e. The zero-order valence-electron chi connectivity index (χ0n) is 12.3. The molecule has 0 amide bonds. The Morgan fingerprint density at radius 3 is 2.95 bits per heavy atom. The second kappa shape index (κ2) is 5.90. The summed E-state index contributed by atoms with van der Waals surface area (Å²) in [5, 5.41) is 5.22. The number of aryl methyl sites for hydroxylation is 2. The van der Waals surface area contributed by atoms with Crippen LogP contribution in [0.15, 0.2) is 0 Å². The summed E-state index contributed by atoms with van der Waals surface area (Å²) in [6.07, 6.45) is 4.88. The third-order valence-corrected chi connectivity index (χ3v) is 6.43. The third kappa shape index (κ3) is 2.53. The molecular formula is C15H21N3S2. The van der Waals surface area contributed by atoms with Gasteiger partial charge in [0.25, 0.3) is 0 Å². The van der Waals surface area contributed by atoms with E-state index in [0.717, 1.165) is 17.4 Å². The number of thiophene rings is 1. The predicted molar refractivity (Wildman–Crippen MR) is 90.0 cm³/mol. The minimum absolute atomic E-state index is 0.667. The van der Waals surface area contributed by atoms with Crippen LogP contribution in [0, 0.1) is 0 Å². The highest BCUT2D eigenvalue weighted by Gasteiger charge is 2.21. The van der Waals surface area contributed by atoms with Crippen molar-refractivity contribution >= 4 is 39.1 Å². The van der Waals surface area contributed by atoms with Gasteiger partial charge in [-0.05, 0) is 31.2 Å². The molecule has 2 heterocycles. The molecule has 0 radical (unpaired) electrons. The van der Waals surface area contributed by atoms with E-state index in [9.17, 15) is 0 Å². The summed E-state index contributed by atoms with van der Waals surface area (Å²) in [4.78, 5) is 12.2. The van der Waals surface area contributed by atoms with Gasteiger partial charge in [0.05, 0.1) is 11.1 Å². The van der Waals surface area contributed by atoms with Crippen molar-refractivity contribution in [3.05, 3.63) is 16.3 Å². The lowest BCUT2D eigenvalue weighted by Gasteiger charge is -2.09. The number of nitrogens with zero attached hydrogens (tertiary/aromatic N) is 2. The van der Waals surface area contributed by atoms with E-state index in [-0.39, 0.29) is 0 Å². The van der Waals surface area contributed by atoms with Crippen LogP contribution in [-0.2, 0) is 18.6 Å². The van der Waals surface area contributed by atoms with Gasteiger partial charge in [-0.2, -0.15) is 11.8 Å². The van der Waals surface area contributed by atoms with Gasteiger partial charge in [0.1, 0.15) is 16.5 Å². The van der Waals surface area contributed by atoms with Gasteiger partial charge in [0.15, 0.2) is 0 Å². The van der Waals surface area contributed by atoms with Crippen LogP contribution in [0.4, 0.5) is 5.82 Å². The molecule has 108 valence electrons. The fraction of sp³-hybridized carbons (Fsp3) is 0.600. The van der Waals surface area contributed by atoms with Crippen molar-refractivity contribution in [2.24, 2.45) is 0 Å². The lowest BCUT2D eigenvalue weighted by molar-refractivity contribution is 0.902. The largest absolute Gasteiger partial charge is 0.372 e. The molecule has 3 nitrogen and oxygen atoms in total. The molecule has 0 spiro atoms. The minimum Gasteiger partial charge on any atom is -0.372 e. The third-order valence-electron chi connectivity index (χ3n) is 3.92. The monoisotopic (exact) mass is 307 g/mol. The maximum atomic E-state index is 4.80. The maximum absolute atomic E-state index is 4.80. The molecule has 0 bridgehead atoms. The van der Waals surface area contributed by atoms with Crippen molar-refractivity contribution < 1.29 is 0 Å². The first-order chi connectivity index (χ1) is 9.72. The second-order valence-corrected chi connectivity index (χ2v) is 7.82. The highest BCUT2D eigenvalue weighted by atomic mass is 32.2. The first-order valence-electron chi connectivity index (χ1n) is 7.33. The van der Waals surface area contributed by atoms with Crippen LogP contribution in [0.1, 0.15) is 43.0 Å². The molecule has 0 fully saturated rings. The highest BCUT2D eigenvalue weighted by molar-refractivity contribution is 7.99. The van der Waals surface area contributed by atoms with E-state index in [0.29, 0.717) is 5.25 Å². The van der Waals surface area contributed by atoms with Gasteiger partial charge in [0.2, 0.25) is 0 Å². The molecule has 1 aliphatic carbocycles. The van der Waals surface area contributed by atoms with E-state index < -0.39 is 0 Å². The SMILES string of the molecule is CCC(C)SCc1nc(NC)c2c3c(sc2n1)CCC3. The van der Waals surface area contributed by atoms with Gasteiger partial charge >= 0.3 is 0 Å². The molecule has 0 saturated carbocycles. The summed E-state index contributed by atoms with van der Waals surface area (Å²) in [6.45, 7) is 4.49. The molecule has 20 heavy (non-hydrogen) atoms. The van der Waals surface area contributed by atoms with E-state index >= 15 is 0 Å². The fourth-order valence-corrected chi connectivity index (χ4v) is 4.70. The van der Waals surface area contributed by atoms with Crippen molar-refractivity contribution in [3.8, 4) is 0 Å². The number of hydrogen-bond acceptors (Lipinski definition) is 5. The molecule has 0 aromatic carbocycles. The summed E-state index contributed by atoms with van der Waals surface area (Å²) < 4.78 is 0. The molecule has 5 heteroatoms. The number of anilines is 1. The Morgan fingerprint density at radius 2 is 2.20 bits per heavy atom. The number of rotatable bonds is 5. The van der Waals surface area contributed by atoms with Crippen molar-refractivity contribution in [3.63, 3.8) is 0 Å². The lowest BCUT2D eigenvalue weighted by atomic mass is 10.2. The number of hydrogen-bond donors (Lipinski definition) is 1. The molecule has 2 aromatic rings. The second-order valence-electron chi connectivity index (χ2n) is 5.31. The summed E-state index contributed by atoms with van der Waals surface area (Å²) in [6, 6.07) is 0. The van der Waals surface area contributed by atoms with Crippen LogP contribution < -0.4 is 5.32 Å².